The van der Waals surface area contributed by atoms with E-state index >= 15 is 0 Å². The Kier molecular flexibility index (Phi) is 5.22. The minimum Gasteiger partial charge on any atom is -0.348 e. The standard InChI is InChI=1S/C17H20N2O3/c1-3-14(12-20)13-22-17(8-6-16(21)7-9-17)19(2)15-5-4-10-18-11-15/h4-12,14H,3,13H2,1-2H3. The Morgan fingerprint density at radius 2 is 2.14 bits per heavy atom. The first-order valence-electron chi connectivity index (χ1n) is 7.27. The number of ether oxygens (including phenoxy) is 1. The number of rotatable bonds is 7. The van der Waals surface area contributed by atoms with E-state index in [0.717, 1.165) is 12.0 Å². The van der Waals surface area contributed by atoms with Crippen LogP contribution in [0.4, 0.5) is 5.69 Å². The first kappa shape index (κ1) is 16.1. The molecule has 0 fully saturated rings. The smallest absolute Gasteiger partial charge is 0.180 e. The molecule has 1 aliphatic rings. The summed E-state index contributed by atoms with van der Waals surface area (Å²) < 4.78 is 6.02. The largest absolute Gasteiger partial charge is 0.348 e. The zero-order valence-corrected chi connectivity index (χ0v) is 12.8. The Morgan fingerprint density at radius 3 is 2.68 bits per heavy atom. The third-order valence-corrected chi connectivity index (χ3v) is 3.78. The highest BCUT2D eigenvalue weighted by atomic mass is 16.5. The molecule has 0 saturated heterocycles. The van der Waals surface area contributed by atoms with Crippen LogP contribution in [-0.4, -0.2) is 36.4 Å². The first-order chi connectivity index (χ1) is 10.6. The summed E-state index contributed by atoms with van der Waals surface area (Å²) in [6, 6.07) is 3.74. The SMILES string of the molecule is CCC(C=O)COC1(N(C)c2cccnc2)C=CC(=O)C=C1. The van der Waals surface area contributed by atoms with Crippen LogP contribution in [0.5, 0.6) is 0 Å². The molecule has 22 heavy (non-hydrogen) atoms. The maximum absolute atomic E-state index is 11.4. The Hall–Kier alpha value is -2.27. The highest BCUT2D eigenvalue weighted by Gasteiger charge is 2.33. The van der Waals surface area contributed by atoms with Gasteiger partial charge in [0, 0.05) is 19.2 Å². The molecule has 0 aliphatic heterocycles. The molecule has 116 valence electrons. The number of allylic oxidation sites excluding steroid dienone is 2. The van der Waals surface area contributed by atoms with Gasteiger partial charge in [0.15, 0.2) is 11.5 Å². The minimum atomic E-state index is -0.895. The Balaban J connectivity index is 2.26. The van der Waals surface area contributed by atoms with E-state index in [-0.39, 0.29) is 18.3 Å². The number of likely N-dealkylation sites (N-methyl/N-ethyl adjacent to an activating group) is 1. The molecule has 1 atom stereocenters. The van der Waals surface area contributed by atoms with Crippen molar-refractivity contribution in [2.45, 2.75) is 19.1 Å². The number of hydrogen-bond acceptors (Lipinski definition) is 5. The van der Waals surface area contributed by atoms with Crippen molar-refractivity contribution >= 4 is 17.8 Å². The van der Waals surface area contributed by atoms with Gasteiger partial charge in [-0.2, -0.15) is 0 Å². The fraction of sp³-hybridized carbons (Fsp3) is 0.353. The monoisotopic (exact) mass is 300 g/mol. The zero-order chi connectivity index (χ0) is 16.0. The van der Waals surface area contributed by atoms with Crippen molar-refractivity contribution in [3.05, 3.63) is 48.8 Å². The van der Waals surface area contributed by atoms with Crippen LogP contribution < -0.4 is 4.90 Å². The van der Waals surface area contributed by atoms with Gasteiger partial charge in [-0.15, -0.1) is 0 Å². The van der Waals surface area contributed by atoms with Crippen molar-refractivity contribution in [3.8, 4) is 0 Å². The number of ketones is 1. The molecule has 0 spiro atoms. The number of pyridine rings is 1. The lowest BCUT2D eigenvalue weighted by Gasteiger charge is -2.39. The molecule has 0 aromatic carbocycles. The van der Waals surface area contributed by atoms with Gasteiger partial charge in [-0.25, -0.2) is 0 Å². The van der Waals surface area contributed by atoms with Crippen LogP contribution in [0.25, 0.3) is 0 Å². The van der Waals surface area contributed by atoms with Crippen molar-refractivity contribution in [3.63, 3.8) is 0 Å². The summed E-state index contributed by atoms with van der Waals surface area (Å²) in [5, 5.41) is 0. The van der Waals surface area contributed by atoms with E-state index in [1.165, 1.54) is 12.2 Å². The maximum atomic E-state index is 11.4. The van der Waals surface area contributed by atoms with Crippen molar-refractivity contribution in [2.24, 2.45) is 5.92 Å². The summed E-state index contributed by atoms with van der Waals surface area (Å²) in [6.45, 7) is 2.23. The number of aldehydes is 1. The topological polar surface area (TPSA) is 59.5 Å². The zero-order valence-electron chi connectivity index (χ0n) is 12.8. The predicted molar refractivity (Wildman–Crippen MR) is 84.5 cm³/mol. The predicted octanol–water partition coefficient (Wildman–Crippen LogP) is 2.15. The summed E-state index contributed by atoms with van der Waals surface area (Å²) in [7, 11) is 1.86. The van der Waals surface area contributed by atoms with Crippen molar-refractivity contribution in [1.29, 1.82) is 0 Å². The molecular weight excluding hydrogens is 280 g/mol. The molecular formula is C17H20N2O3. The summed E-state index contributed by atoms with van der Waals surface area (Å²) in [4.78, 5) is 28.4. The molecule has 1 aliphatic carbocycles. The van der Waals surface area contributed by atoms with Crippen LogP contribution in [-0.2, 0) is 14.3 Å². The molecule has 0 bridgehead atoms. The van der Waals surface area contributed by atoms with Crippen LogP contribution >= 0.6 is 0 Å². The lowest BCUT2D eigenvalue weighted by molar-refractivity contribution is -0.115. The Morgan fingerprint density at radius 1 is 1.41 bits per heavy atom. The van der Waals surface area contributed by atoms with Crippen molar-refractivity contribution < 1.29 is 14.3 Å². The van der Waals surface area contributed by atoms with Gasteiger partial charge < -0.3 is 14.4 Å². The third kappa shape index (κ3) is 3.49. The summed E-state index contributed by atoms with van der Waals surface area (Å²) in [5.41, 5.74) is -0.0433. The number of carbonyl (C=O) groups is 2. The molecule has 5 heteroatoms. The fourth-order valence-electron chi connectivity index (χ4n) is 2.18. The summed E-state index contributed by atoms with van der Waals surface area (Å²) in [5.74, 6) is -0.250. The second kappa shape index (κ2) is 7.13. The first-order valence-corrected chi connectivity index (χ1v) is 7.27. The minimum absolute atomic E-state index is 0.0822. The fourth-order valence-corrected chi connectivity index (χ4v) is 2.18. The molecule has 0 N–H and O–H groups in total. The van der Waals surface area contributed by atoms with Gasteiger partial charge in [-0.3, -0.25) is 9.78 Å². The van der Waals surface area contributed by atoms with Crippen molar-refractivity contribution in [1.82, 2.24) is 4.98 Å². The van der Waals surface area contributed by atoms with E-state index in [9.17, 15) is 9.59 Å². The molecule has 5 nitrogen and oxygen atoms in total. The van der Waals surface area contributed by atoms with Crippen molar-refractivity contribution in [2.75, 3.05) is 18.6 Å². The van der Waals surface area contributed by atoms with Gasteiger partial charge in [0.1, 0.15) is 6.29 Å². The van der Waals surface area contributed by atoms with Crippen LogP contribution in [0, 0.1) is 5.92 Å². The molecule has 0 radical (unpaired) electrons. The second-order valence-electron chi connectivity index (χ2n) is 5.21. The van der Waals surface area contributed by atoms with Gasteiger partial charge in [0.25, 0.3) is 0 Å². The van der Waals surface area contributed by atoms with Crippen LogP contribution in [0.2, 0.25) is 0 Å². The summed E-state index contributed by atoms with van der Waals surface area (Å²) in [6.07, 6.45) is 11.4. The highest BCUT2D eigenvalue weighted by Crippen LogP contribution is 2.28. The molecule has 0 saturated carbocycles. The number of nitrogens with zero attached hydrogens (tertiary/aromatic N) is 2. The van der Waals surface area contributed by atoms with Gasteiger partial charge in [0.2, 0.25) is 0 Å². The number of anilines is 1. The number of aromatic nitrogens is 1. The van der Waals surface area contributed by atoms with Gasteiger partial charge >= 0.3 is 0 Å². The third-order valence-electron chi connectivity index (χ3n) is 3.78. The van der Waals surface area contributed by atoms with E-state index in [2.05, 4.69) is 4.98 Å². The average Bonchev–Trinajstić information content (AvgIpc) is 2.58. The summed E-state index contributed by atoms with van der Waals surface area (Å²) >= 11 is 0. The van der Waals surface area contributed by atoms with Crippen LogP contribution in [0.15, 0.2) is 48.8 Å². The van der Waals surface area contributed by atoms with E-state index in [1.54, 1.807) is 24.5 Å². The van der Waals surface area contributed by atoms with E-state index in [1.807, 2.05) is 31.0 Å². The van der Waals surface area contributed by atoms with Gasteiger partial charge in [-0.1, -0.05) is 6.92 Å². The maximum Gasteiger partial charge on any atom is 0.180 e. The van der Waals surface area contributed by atoms with E-state index < -0.39 is 5.72 Å². The lowest BCUT2D eigenvalue weighted by Crippen LogP contribution is -2.48. The molecule has 1 heterocycles. The molecule has 1 aromatic rings. The second-order valence-corrected chi connectivity index (χ2v) is 5.21. The van der Waals surface area contributed by atoms with E-state index in [4.69, 9.17) is 4.74 Å². The molecule has 1 aromatic heterocycles. The molecule has 0 amide bonds. The Labute approximate surface area is 130 Å². The van der Waals surface area contributed by atoms with Gasteiger partial charge in [0.05, 0.1) is 18.5 Å². The number of hydrogen-bond donors (Lipinski definition) is 0. The lowest BCUT2D eigenvalue weighted by atomic mass is 10.0. The molecule has 2 rings (SSSR count). The van der Waals surface area contributed by atoms with E-state index in [0.29, 0.717) is 6.42 Å². The quantitative estimate of drug-likeness (QED) is 0.570. The van der Waals surface area contributed by atoms with Crippen LogP contribution in [0.1, 0.15) is 13.3 Å². The average molecular weight is 300 g/mol. The Bertz CT molecular complexity index is 565. The van der Waals surface area contributed by atoms with Gasteiger partial charge in [-0.05, 0) is 42.9 Å². The normalized spacial score (nSPS) is 17.3. The molecule has 1 unspecified atom stereocenters. The number of carbonyl (C=O) groups excluding carboxylic acids is 2. The van der Waals surface area contributed by atoms with Crippen LogP contribution in [0.3, 0.4) is 0 Å². The highest BCUT2D eigenvalue weighted by molar-refractivity contribution is 6.00.